The van der Waals surface area contributed by atoms with Gasteiger partial charge in [-0.1, -0.05) is 36.4 Å². The third-order valence-electron chi connectivity index (χ3n) is 3.33. The predicted molar refractivity (Wildman–Crippen MR) is 89.3 cm³/mol. The molecular formula is C18H22N2O2. The smallest absolute Gasteiger partial charge is 0.258 e. The summed E-state index contributed by atoms with van der Waals surface area (Å²) >= 11 is 0. The van der Waals surface area contributed by atoms with Gasteiger partial charge in [0.2, 0.25) is 0 Å². The number of nitrogens with one attached hydrogen (secondary N) is 1. The van der Waals surface area contributed by atoms with E-state index in [2.05, 4.69) is 5.32 Å². The molecule has 2 rings (SSSR count). The zero-order valence-electron chi connectivity index (χ0n) is 12.9. The second kappa shape index (κ2) is 8.97. The standard InChI is InChI=1S/C18H22N2O2/c1-22-15-13-19-12-14-20(17-10-6-3-7-11-17)18(21)16-8-4-2-5-9-16/h2-11,19H,12-15H2,1H3. The summed E-state index contributed by atoms with van der Waals surface area (Å²) in [5, 5.41) is 3.27. The molecule has 22 heavy (non-hydrogen) atoms. The molecule has 0 atom stereocenters. The van der Waals surface area contributed by atoms with Gasteiger partial charge in [0.15, 0.2) is 0 Å². The van der Waals surface area contributed by atoms with E-state index in [9.17, 15) is 4.79 Å². The zero-order valence-corrected chi connectivity index (χ0v) is 12.9. The van der Waals surface area contributed by atoms with Gasteiger partial charge in [-0.3, -0.25) is 4.79 Å². The Morgan fingerprint density at radius 2 is 1.64 bits per heavy atom. The lowest BCUT2D eigenvalue weighted by Crippen LogP contribution is -2.37. The molecule has 1 amide bonds. The van der Waals surface area contributed by atoms with Crippen LogP contribution in [0.1, 0.15) is 10.4 Å². The fourth-order valence-electron chi connectivity index (χ4n) is 2.18. The summed E-state index contributed by atoms with van der Waals surface area (Å²) in [6, 6.07) is 19.1. The quantitative estimate of drug-likeness (QED) is 0.762. The maximum absolute atomic E-state index is 12.7. The van der Waals surface area contributed by atoms with Gasteiger partial charge < -0.3 is 15.0 Å². The lowest BCUT2D eigenvalue weighted by Gasteiger charge is -2.23. The molecule has 0 radical (unpaired) electrons. The van der Waals surface area contributed by atoms with Crippen molar-refractivity contribution in [2.75, 3.05) is 38.3 Å². The van der Waals surface area contributed by atoms with Crippen LogP contribution in [0.5, 0.6) is 0 Å². The highest BCUT2D eigenvalue weighted by Gasteiger charge is 2.16. The van der Waals surface area contributed by atoms with Crippen molar-refractivity contribution in [3.8, 4) is 0 Å². The number of para-hydroxylation sites is 1. The van der Waals surface area contributed by atoms with Gasteiger partial charge in [-0.2, -0.15) is 0 Å². The molecule has 0 aliphatic carbocycles. The first-order valence-corrected chi connectivity index (χ1v) is 7.44. The highest BCUT2D eigenvalue weighted by molar-refractivity contribution is 6.06. The maximum atomic E-state index is 12.7. The molecule has 0 saturated carbocycles. The lowest BCUT2D eigenvalue weighted by molar-refractivity contribution is 0.0987. The van der Waals surface area contributed by atoms with Crippen LogP contribution in [-0.2, 0) is 4.74 Å². The Hall–Kier alpha value is -2.17. The third-order valence-corrected chi connectivity index (χ3v) is 3.33. The second-order valence-electron chi connectivity index (χ2n) is 4.90. The lowest BCUT2D eigenvalue weighted by atomic mass is 10.2. The number of ether oxygens (including phenoxy) is 1. The zero-order chi connectivity index (χ0) is 15.6. The molecule has 1 N–H and O–H groups in total. The van der Waals surface area contributed by atoms with Crippen molar-refractivity contribution in [3.05, 3.63) is 66.2 Å². The van der Waals surface area contributed by atoms with Crippen molar-refractivity contribution in [1.82, 2.24) is 5.32 Å². The van der Waals surface area contributed by atoms with Gasteiger partial charge in [0.25, 0.3) is 5.91 Å². The molecule has 0 heterocycles. The number of methoxy groups -OCH3 is 1. The summed E-state index contributed by atoms with van der Waals surface area (Å²) in [4.78, 5) is 14.5. The molecule has 0 aliphatic rings. The number of anilines is 1. The number of carbonyl (C=O) groups excluding carboxylic acids is 1. The molecule has 0 aliphatic heterocycles. The normalized spacial score (nSPS) is 10.4. The molecule has 0 bridgehead atoms. The van der Waals surface area contributed by atoms with Crippen LogP contribution in [0.4, 0.5) is 5.69 Å². The van der Waals surface area contributed by atoms with Crippen molar-refractivity contribution < 1.29 is 9.53 Å². The SMILES string of the molecule is COCCNCCN(C(=O)c1ccccc1)c1ccccc1. The van der Waals surface area contributed by atoms with Gasteiger partial charge in [-0.15, -0.1) is 0 Å². The van der Waals surface area contributed by atoms with Crippen LogP contribution in [-0.4, -0.2) is 39.3 Å². The highest BCUT2D eigenvalue weighted by Crippen LogP contribution is 2.16. The average molecular weight is 298 g/mol. The van der Waals surface area contributed by atoms with Crippen LogP contribution in [0.25, 0.3) is 0 Å². The predicted octanol–water partition coefficient (Wildman–Crippen LogP) is 2.57. The van der Waals surface area contributed by atoms with Gasteiger partial charge >= 0.3 is 0 Å². The first kappa shape index (κ1) is 16.2. The molecule has 2 aromatic rings. The van der Waals surface area contributed by atoms with E-state index in [1.165, 1.54) is 0 Å². The fraction of sp³-hybridized carbons (Fsp3) is 0.278. The summed E-state index contributed by atoms with van der Waals surface area (Å²) in [6.45, 7) is 2.77. The van der Waals surface area contributed by atoms with Crippen LogP contribution in [0.3, 0.4) is 0 Å². The Morgan fingerprint density at radius 3 is 2.27 bits per heavy atom. The van der Waals surface area contributed by atoms with E-state index in [4.69, 9.17) is 4.74 Å². The first-order valence-electron chi connectivity index (χ1n) is 7.44. The van der Waals surface area contributed by atoms with Gasteiger partial charge in [0, 0.05) is 38.0 Å². The Bertz CT molecular complexity index is 558. The molecule has 116 valence electrons. The molecule has 0 aromatic heterocycles. The first-order chi connectivity index (χ1) is 10.8. The monoisotopic (exact) mass is 298 g/mol. The molecule has 4 nitrogen and oxygen atoms in total. The number of rotatable bonds is 8. The van der Waals surface area contributed by atoms with Gasteiger partial charge in [0.05, 0.1) is 6.61 Å². The summed E-state index contributed by atoms with van der Waals surface area (Å²) < 4.78 is 5.01. The molecule has 4 heteroatoms. The van der Waals surface area contributed by atoms with E-state index < -0.39 is 0 Å². The Balaban J connectivity index is 2.07. The summed E-state index contributed by atoms with van der Waals surface area (Å²) in [5.74, 6) is 0.0142. The molecule has 0 unspecified atom stereocenters. The number of nitrogens with zero attached hydrogens (tertiary/aromatic N) is 1. The van der Waals surface area contributed by atoms with Gasteiger partial charge in [-0.05, 0) is 24.3 Å². The summed E-state index contributed by atoms with van der Waals surface area (Å²) in [6.07, 6.45) is 0. The number of carbonyl (C=O) groups is 1. The fourth-order valence-corrected chi connectivity index (χ4v) is 2.18. The van der Waals surface area contributed by atoms with Crippen LogP contribution in [0.2, 0.25) is 0 Å². The van der Waals surface area contributed by atoms with Crippen molar-refractivity contribution in [2.24, 2.45) is 0 Å². The molecular weight excluding hydrogens is 276 g/mol. The van der Waals surface area contributed by atoms with Crippen LogP contribution >= 0.6 is 0 Å². The van der Waals surface area contributed by atoms with Crippen molar-refractivity contribution in [1.29, 1.82) is 0 Å². The topological polar surface area (TPSA) is 41.6 Å². The number of amides is 1. The van der Waals surface area contributed by atoms with Crippen LogP contribution in [0.15, 0.2) is 60.7 Å². The van der Waals surface area contributed by atoms with Gasteiger partial charge in [0.1, 0.15) is 0 Å². The molecule has 2 aromatic carbocycles. The van der Waals surface area contributed by atoms with Crippen molar-refractivity contribution >= 4 is 11.6 Å². The van der Waals surface area contributed by atoms with E-state index in [0.29, 0.717) is 18.7 Å². The Labute approximate surface area is 131 Å². The van der Waals surface area contributed by atoms with Gasteiger partial charge in [-0.25, -0.2) is 0 Å². The number of hydrogen-bond donors (Lipinski definition) is 1. The summed E-state index contributed by atoms with van der Waals surface area (Å²) in [5.41, 5.74) is 1.60. The van der Waals surface area contributed by atoms with Crippen LogP contribution in [0, 0.1) is 0 Å². The maximum Gasteiger partial charge on any atom is 0.258 e. The summed E-state index contributed by atoms with van der Waals surface area (Å²) in [7, 11) is 1.68. The van der Waals surface area contributed by atoms with Crippen molar-refractivity contribution in [3.63, 3.8) is 0 Å². The molecule has 0 fully saturated rings. The highest BCUT2D eigenvalue weighted by atomic mass is 16.5. The molecule has 0 spiro atoms. The molecule has 0 saturated heterocycles. The third kappa shape index (κ3) is 4.69. The number of benzene rings is 2. The Kier molecular flexibility index (Phi) is 6.61. The van der Waals surface area contributed by atoms with E-state index in [0.717, 1.165) is 18.8 Å². The minimum atomic E-state index is 0.0142. The van der Waals surface area contributed by atoms with E-state index >= 15 is 0 Å². The second-order valence-corrected chi connectivity index (χ2v) is 4.90. The number of hydrogen-bond acceptors (Lipinski definition) is 3. The average Bonchev–Trinajstić information content (AvgIpc) is 2.59. The largest absolute Gasteiger partial charge is 0.383 e. The van der Waals surface area contributed by atoms with E-state index in [1.54, 1.807) is 12.0 Å². The minimum Gasteiger partial charge on any atom is -0.383 e. The minimum absolute atomic E-state index is 0.0142. The van der Waals surface area contributed by atoms with E-state index in [1.807, 2.05) is 60.7 Å². The van der Waals surface area contributed by atoms with E-state index in [-0.39, 0.29) is 5.91 Å². The Morgan fingerprint density at radius 1 is 1.00 bits per heavy atom. The van der Waals surface area contributed by atoms with Crippen LogP contribution < -0.4 is 10.2 Å². The van der Waals surface area contributed by atoms with Crippen molar-refractivity contribution in [2.45, 2.75) is 0 Å².